The van der Waals surface area contributed by atoms with Gasteiger partial charge in [-0.25, -0.2) is 0 Å². The molecule has 0 saturated carbocycles. The molecular formula is C12H16N4O. The molecule has 1 aromatic carbocycles. The molecule has 0 atom stereocenters. The molecule has 0 radical (unpaired) electrons. The Labute approximate surface area is 100 Å². The number of hydrogen-bond donors (Lipinski definition) is 1. The highest BCUT2D eigenvalue weighted by atomic mass is 16.5. The maximum Gasteiger partial charge on any atom is 0.134 e. The molecule has 0 bridgehead atoms. The lowest BCUT2D eigenvalue weighted by atomic mass is 10.2. The molecule has 0 aliphatic heterocycles. The van der Waals surface area contributed by atoms with E-state index in [9.17, 15) is 0 Å². The van der Waals surface area contributed by atoms with Gasteiger partial charge in [0.15, 0.2) is 0 Å². The molecule has 90 valence electrons. The number of nitrogens with one attached hydrogen (secondary N) is 1. The van der Waals surface area contributed by atoms with E-state index in [0.29, 0.717) is 6.61 Å². The van der Waals surface area contributed by atoms with E-state index in [1.165, 1.54) is 0 Å². The van der Waals surface area contributed by atoms with Crippen molar-refractivity contribution in [2.75, 3.05) is 7.05 Å². The van der Waals surface area contributed by atoms with E-state index in [-0.39, 0.29) is 0 Å². The van der Waals surface area contributed by atoms with Crippen LogP contribution in [0.5, 0.6) is 5.75 Å². The van der Waals surface area contributed by atoms with E-state index in [1.54, 1.807) is 4.68 Å². The smallest absolute Gasteiger partial charge is 0.134 e. The van der Waals surface area contributed by atoms with Gasteiger partial charge >= 0.3 is 0 Å². The van der Waals surface area contributed by atoms with Crippen molar-refractivity contribution in [2.45, 2.75) is 13.2 Å². The first kappa shape index (κ1) is 11.6. The molecule has 0 spiro atoms. The molecule has 1 heterocycles. The molecule has 0 fully saturated rings. The molecule has 0 aliphatic carbocycles. The average Bonchev–Trinajstić information content (AvgIpc) is 2.74. The van der Waals surface area contributed by atoms with E-state index in [0.717, 1.165) is 23.6 Å². The largest absolute Gasteiger partial charge is 0.487 e. The number of aromatic nitrogens is 3. The minimum atomic E-state index is 0.439. The summed E-state index contributed by atoms with van der Waals surface area (Å²) in [5.41, 5.74) is 1.96. The highest BCUT2D eigenvalue weighted by molar-refractivity contribution is 5.33. The second-order valence-electron chi connectivity index (χ2n) is 3.81. The Balaban J connectivity index is 2.03. The Hall–Kier alpha value is -1.88. The standard InChI is InChI=1S/C12H16N4O/c1-13-7-10-5-3-4-6-12(10)17-9-11-8-16(2)15-14-11/h3-6,8,13H,7,9H2,1-2H3. The third kappa shape index (κ3) is 3.04. The molecule has 2 rings (SSSR count). The number of rotatable bonds is 5. The fourth-order valence-electron chi connectivity index (χ4n) is 1.59. The number of hydrogen-bond acceptors (Lipinski definition) is 4. The van der Waals surface area contributed by atoms with Crippen LogP contribution in [0.1, 0.15) is 11.3 Å². The zero-order valence-corrected chi connectivity index (χ0v) is 10.1. The number of nitrogens with zero attached hydrogens (tertiary/aromatic N) is 3. The highest BCUT2D eigenvalue weighted by Crippen LogP contribution is 2.18. The maximum atomic E-state index is 5.73. The molecular weight excluding hydrogens is 216 g/mol. The Morgan fingerprint density at radius 3 is 2.88 bits per heavy atom. The van der Waals surface area contributed by atoms with Gasteiger partial charge in [0.05, 0.1) is 6.20 Å². The van der Waals surface area contributed by atoms with E-state index < -0.39 is 0 Å². The fraction of sp³-hybridized carbons (Fsp3) is 0.333. The lowest BCUT2D eigenvalue weighted by Gasteiger charge is -2.09. The minimum Gasteiger partial charge on any atom is -0.487 e. The Morgan fingerprint density at radius 1 is 1.35 bits per heavy atom. The van der Waals surface area contributed by atoms with Crippen LogP contribution in [0.2, 0.25) is 0 Å². The predicted octanol–water partition coefficient (Wildman–Crippen LogP) is 1.11. The van der Waals surface area contributed by atoms with Gasteiger partial charge < -0.3 is 10.1 Å². The molecule has 2 aromatic rings. The third-order valence-corrected chi connectivity index (χ3v) is 2.37. The monoisotopic (exact) mass is 232 g/mol. The van der Waals surface area contributed by atoms with Crippen LogP contribution in [-0.2, 0) is 20.2 Å². The van der Waals surface area contributed by atoms with Gasteiger partial charge in [0, 0.05) is 19.2 Å². The first-order valence-corrected chi connectivity index (χ1v) is 5.50. The first-order valence-electron chi connectivity index (χ1n) is 5.50. The van der Waals surface area contributed by atoms with Gasteiger partial charge in [-0.1, -0.05) is 23.4 Å². The number of para-hydroxylation sites is 1. The molecule has 1 aromatic heterocycles. The Morgan fingerprint density at radius 2 is 2.18 bits per heavy atom. The summed E-state index contributed by atoms with van der Waals surface area (Å²) in [6.07, 6.45) is 1.85. The number of benzene rings is 1. The maximum absolute atomic E-state index is 5.73. The average molecular weight is 232 g/mol. The molecule has 1 N–H and O–H groups in total. The zero-order valence-electron chi connectivity index (χ0n) is 10.1. The number of aryl methyl sites for hydroxylation is 1. The van der Waals surface area contributed by atoms with Gasteiger partial charge in [-0.05, 0) is 13.1 Å². The topological polar surface area (TPSA) is 52.0 Å². The molecule has 5 heteroatoms. The summed E-state index contributed by atoms with van der Waals surface area (Å²) < 4.78 is 7.40. The number of ether oxygens (including phenoxy) is 1. The first-order chi connectivity index (χ1) is 8.29. The summed E-state index contributed by atoms with van der Waals surface area (Å²) in [7, 11) is 3.75. The van der Waals surface area contributed by atoms with Crippen molar-refractivity contribution in [3.05, 3.63) is 41.7 Å². The van der Waals surface area contributed by atoms with E-state index in [1.807, 2.05) is 44.6 Å². The van der Waals surface area contributed by atoms with E-state index in [4.69, 9.17) is 4.74 Å². The van der Waals surface area contributed by atoms with Crippen molar-refractivity contribution < 1.29 is 4.74 Å². The molecule has 0 amide bonds. The molecule has 0 unspecified atom stereocenters. The van der Waals surface area contributed by atoms with Crippen LogP contribution in [0.3, 0.4) is 0 Å². The van der Waals surface area contributed by atoms with Crippen LogP contribution in [0.4, 0.5) is 0 Å². The van der Waals surface area contributed by atoms with Crippen molar-refractivity contribution in [3.8, 4) is 5.75 Å². The normalized spacial score (nSPS) is 10.5. The lowest BCUT2D eigenvalue weighted by Crippen LogP contribution is -2.07. The quantitative estimate of drug-likeness (QED) is 0.839. The van der Waals surface area contributed by atoms with Gasteiger partial charge in [-0.3, -0.25) is 4.68 Å². The van der Waals surface area contributed by atoms with Gasteiger partial charge in [-0.15, -0.1) is 5.10 Å². The van der Waals surface area contributed by atoms with Crippen LogP contribution in [0.25, 0.3) is 0 Å². The third-order valence-electron chi connectivity index (χ3n) is 2.37. The van der Waals surface area contributed by atoms with Crippen LogP contribution < -0.4 is 10.1 Å². The van der Waals surface area contributed by atoms with Crippen LogP contribution in [-0.4, -0.2) is 22.0 Å². The van der Waals surface area contributed by atoms with Crippen molar-refractivity contribution in [2.24, 2.45) is 7.05 Å². The second kappa shape index (κ2) is 5.45. The van der Waals surface area contributed by atoms with Crippen molar-refractivity contribution in [3.63, 3.8) is 0 Å². The van der Waals surface area contributed by atoms with Gasteiger partial charge in [0.2, 0.25) is 0 Å². The minimum absolute atomic E-state index is 0.439. The summed E-state index contributed by atoms with van der Waals surface area (Å²) >= 11 is 0. The Kier molecular flexibility index (Phi) is 3.72. The van der Waals surface area contributed by atoms with E-state index in [2.05, 4.69) is 15.6 Å². The van der Waals surface area contributed by atoms with Crippen molar-refractivity contribution in [1.82, 2.24) is 20.3 Å². The van der Waals surface area contributed by atoms with Crippen molar-refractivity contribution >= 4 is 0 Å². The van der Waals surface area contributed by atoms with Crippen LogP contribution >= 0.6 is 0 Å². The van der Waals surface area contributed by atoms with Crippen LogP contribution in [0.15, 0.2) is 30.5 Å². The molecule has 17 heavy (non-hydrogen) atoms. The SMILES string of the molecule is CNCc1ccccc1OCc1cn(C)nn1. The summed E-state index contributed by atoms with van der Waals surface area (Å²) in [6, 6.07) is 7.97. The van der Waals surface area contributed by atoms with Crippen LogP contribution in [0, 0.1) is 0 Å². The van der Waals surface area contributed by atoms with Gasteiger partial charge in [0.1, 0.15) is 18.1 Å². The van der Waals surface area contributed by atoms with Gasteiger partial charge in [-0.2, -0.15) is 0 Å². The Bertz CT molecular complexity index is 481. The molecule has 0 aliphatic rings. The fourth-order valence-corrected chi connectivity index (χ4v) is 1.59. The molecule has 5 nitrogen and oxygen atoms in total. The van der Waals surface area contributed by atoms with Gasteiger partial charge in [0.25, 0.3) is 0 Å². The van der Waals surface area contributed by atoms with Crippen molar-refractivity contribution in [1.29, 1.82) is 0 Å². The summed E-state index contributed by atoms with van der Waals surface area (Å²) in [4.78, 5) is 0. The predicted molar refractivity (Wildman–Crippen MR) is 64.5 cm³/mol. The second-order valence-corrected chi connectivity index (χ2v) is 3.81. The highest BCUT2D eigenvalue weighted by Gasteiger charge is 2.04. The lowest BCUT2D eigenvalue weighted by molar-refractivity contribution is 0.297. The summed E-state index contributed by atoms with van der Waals surface area (Å²) in [6.45, 7) is 1.23. The zero-order chi connectivity index (χ0) is 12.1. The molecule has 0 saturated heterocycles. The van der Waals surface area contributed by atoms with E-state index >= 15 is 0 Å². The summed E-state index contributed by atoms with van der Waals surface area (Å²) in [5.74, 6) is 0.882. The summed E-state index contributed by atoms with van der Waals surface area (Å²) in [5, 5.41) is 11.0.